The molecule has 2 aromatic rings. The largest absolute Gasteiger partial charge is 0.393 e. The van der Waals surface area contributed by atoms with E-state index >= 15 is 0 Å². The van der Waals surface area contributed by atoms with Gasteiger partial charge in [0.2, 0.25) is 0 Å². The lowest BCUT2D eigenvalue weighted by atomic mass is 10.1. The number of aryl methyl sites for hydroxylation is 1. The van der Waals surface area contributed by atoms with Crippen LogP contribution in [0.5, 0.6) is 0 Å². The Bertz CT molecular complexity index is 703. The van der Waals surface area contributed by atoms with Crippen molar-refractivity contribution in [1.29, 1.82) is 0 Å². The maximum absolute atomic E-state index is 11.8. The van der Waals surface area contributed by atoms with Gasteiger partial charge in [0.1, 0.15) is 5.69 Å². The first-order chi connectivity index (χ1) is 8.90. The summed E-state index contributed by atoms with van der Waals surface area (Å²) in [7, 11) is 0. The molecule has 0 atom stereocenters. The first-order valence-electron chi connectivity index (χ1n) is 5.59. The third-order valence-electron chi connectivity index (χ3n) is 3.01. The van der Waals surface area contributed by atoms with Crippen LogP contribution in [0, 0.1) is 24.0 Å². The number of nitro groups is 1. The summed E-state index contributed by atoms with van der Waals surface area (Å²) in [5.74, 6) is 0. The average molecular weight is 279 g/mol. The van der Waals surface area contributed by atoms with E-state index in [9.17, 15) is 14.9 Å². The summed E-state index contributed by atoms with van der Waals surface area (Å²) in [4.78, 5) is 23.0. The number of nitrogen functional groups attached to an aromatic ring is 1. The van der Waals surface area contributed by atoms with Gasteiger partial charge in [-0.2, -0.15) is 0 Å². The molecule has 6 nitrogen and oxygen atoms in total. The summed E-state index contributed by atoms with van der Waals surface area (Å²) in [6.07, 6.45) is 0. The molecule has 0 spiro atoms. The maximum Gasteiger partial charge on any atom is 0.307 e. The predicted octanol–water partition coefficient (Wildman–Crippen LogP) is 2.07. The molecule has 0 amide bonds. The average Bonchev–Trinajstić information content (AvgIpc) is 2.58. The Balaban J connectivity index is 2.42. The van der Waals surface area contributed by atoms with Crippen LogP contribution >= 0.6 is 11.3 Å². The third-order valence-corrected chi connectivity index (χ3v) is 4.00. The molecule has 0 aliphatic heterocycles. The van der Waals surface area contributed by atoms with Crippen LogP contribution in [-0.2, 0) is 6.54 Å². The fourth-order valence-corrected chi connectivity index (χ4v) is 2.63. The van der Waals surface area contributed by atoms with Crippen molar-refractivity contribution in [3.05, 3.63) is 54.1 Å². The van der Waals surface area contributed by atoms with Crippen molar-refractivity contribution in [3.63, 3.8) is 0 Å². The fourth-order valence-electron chi connectivity index (χ4n) is 1.80. The Morgan fingerprint density at radius 3 is 2.63 bits per heavy atom. The van der Waals surface area contributed by atoms with Crippen LogP contribution in [-0.4, -0.2) is 9.49 Å². The van der Waals surface area contributed by atoms with Crippen molar-refractivity contribution in [2.24, 2.45) is 0 Å². The summed E-state index contributed by atoms with van der Waals surface area (Å²) < 4.78 is 1.61. The number of aromatic nitrogens is 1. The number of anilines is 1. The molecule has 19 heavy (non-hydrogen) atoms. The lowest BCUT2D eigenvalue weighted by molar-refractivity contribution is -0.384. The zero-order valence-corrected chi connectivity index (χ0v) is 11.4. The van der Waals surface area contributed by atoms with Gasteiger partial charge in [0.15, 0.2) is 0 Å². The van der Waals surface area contributed by atoms with Crippen LogP contribution in [0.3, 0.4) is 0 Å². The standard InChI is InChI=1S/C12H13N3O3S/c1-7-8(2)19-12(16)14(7)6-9-3-4-10(13)11(5-9)15(17)18/h3-5H,6,13H2,1-2H3. The number of hydrogen-bond acceptors (Lipinski definition) is 5. The van der Waals surface area contributed by atoms with Crippen molar-refractivity contribution in [3.8, 4) is 0 Å². The summed E-state index contributed by atoms with van der Waals surface area (Å²) in [5, 5.41) is 10.8. The molecule has 0 aliphatic carbocycles. The molecule has 0 aliphatic rings. The van der Waals surface area contributed by atoms with Crippen LogP contribution in [0.4, 0.5) is 11.4 Å². The van der Waals surface area contributed by atoms with Crippen molar-refractivity contribution in [2.45, 2.75) is 20.4 Å². The number of nitrogens with two attached hydrogens (primary N) is 1. The van der Waals surface area contributed by atoms with Crippen LogP contribution in [0.2, 0.25) is 0 Å². The third kappa shape index (κ3) is 2.50. The topological polar surface area (TPSA) is 91.2 Å². The fraction of sp³-hybridized carbons (Fsp3) is 0.250. The van der Waals surface area contributed by atoms with E-state index in [2.05, 4.69) is 0 Å². The van der Waals surface area contributed by atoms with Gasteiger partial charge in [-0.05, 0) is 25.5 Å². The molecule has 0 saturated carbocycles. The molecule has 0 fully saturated rings. The Kier molecular flexibility index (Phi) is 3.39. The number of nitrogens with zero attached hydrogens (tertiary/aromatic N) is 2. The summed E-state index contributed by atoms with van der Waals surface area (Å²) in [6, 6.07) is 4.60. The van der Waals surface area contributed by atoms with E-state index in [0.717, 1.165) is 10.6 Å². The van der Waals surface area contributed by atoms with E-state index in [1.807, 2.05) is 13.8 Å². The smallest absolute Gasteiger partial charge is 0.307 e. The number of hydrogen-bond donors (Lipinski definition) is 1. The van der Waals surface area contributed by atoms with E-state index in [4.69, 9.17) is 5.73 Å². The van der Waals surface area contributed by atoms with Gasteiger partial charge in [-0.3, -0.25) is 19.5 Å². The monoisotopic (exact) mass is 279 g/mol. The Hall–Kier alpha value is -2.15. The lowest BCUT2D eigenvalue weighted by Crippen LogP contribution is -2.15. The molecule has 1 aromatic heterocycles. The highest BCUT2D eigenvalue weighted by Gasteiger charge is 2.14. The lowest BCUT2D eigenvalue weighted by Gasteiger charge is -2.06. The van der Waals surface area contributed by atoms with Crippen molar-refractivity contribution in [1.82, 2.24) is 4.57 Å². The predicted molar refractivity (Wildman–Crippen MR) is 74.7 cm³/mol. The van der Waals surface area contributed by atoms with Crippen LogP contribution in [0.25, 0.3) is 0 Å². The molecule has 1 heterocycles. The molecular formula is C12H13N3O3S. The Morgan fingerprint density at radius 2 is 2.11 bits per heavy atom. The van der Waals surface area contributed by atoms with Gasteiger partial charge < -0.3 is 5.73 Å². The van der Waals surface area contributed by atoms with E-state index in [-0.39, 0.29) is 16.2 Å². The van der Waals surface area contributed by atoms with E-state index in [1.165, 1.54) is 23.5 Å². The molecule has 0 saturated heterocycles. The minimum atomic E-state index is -0.521. The zero-order valence-electron chi connectivity index (χ0n) is 10.5. The van der Waals surface area contributed by atoms with Gasteiger partial charge in [-0.25, -0.2) is 0 Å². The Labute approximate surface area is 113 Å². The molecule has 7 heteroatoms. The highest BCUT2D eigenvalue weighted by atomic mass is 32.1. The maximum atomic E-state index is 11.8. The Morgan fingerprint density at radius 1 is 1.42 bits per heavy atom. The van der Waals surface area contributed by atoms with Crippen molar-refractivity contribution in [2.75, 3.05) is 5.73 Å². The quantitative estimate of drug-likeness (QED) is 0.529. The molecule has 2 rings (SSSR count). The van der Waals surface area contributed by atoms with Crippen LogP contribution < -0.4 is 10.6 Å². The first-order valence-corrected chi connectivity index (χ1v) is 6.41. The molecule has 0 bridgehead atoms. The molecule has 100 valence electrons. The SMILES string of the molecule is Cc1sc(=O)n(Cc2ccc(N)c([N+](=O)[O-])c2)c1C. The highest BCUT2D eigenvalue weighted by molar-refractivity contribution is 7.09. The normalized spacial score (nSPS) is 10.6. The van der Waals surface area contributed by atoms with E-state index < -0.39 is 4.92 Å². The second kappa shape index (κ2) is 4.85. The molecular weight excluding hydrogens is 266 g/mol. The first kappa shape index (κ1) is 13.3. The van der Waals surface area contributed by atoms with Gasteiger partial charge in [0, 0.05) is 16.6 Å². The van der Waals surface area contributed by atoms with E-state index in [0.29, 0.717) is 12.1 Å². The second-order valence-electron chi connectivity index (χ2n) is 4.25. The van der Waals surface area contributed by atoms with Crippen molar-refractivity contribution < 1.29 is 4.92 Å². The van der Waals surface area contributed by atoms with Gasteiger partial charge >= 0.3 is 4.87 Å². The van der Waals surface area contributed by atoms with Crippen LogP contribution in [0.1, 0.15) is 16.1 Å². The zero-order chi connectivity index (χ0) is 14.2. The minimum Gasteiger partial charge on any atom is -0.393 e. The summed E-state index contributed by atoms with van der Waals surface area (Å²) in [5.41, 5.74) is 7.10. The van der Waals surface area contributed by atoms with Gasteiger partial charge in [-0.15, -0.1) is 0 Å². The number of thiazole rings is 1. The number of rotatable bonds is 3. The number of nitro benzene ring substituents is 1. The second-order valence-corrected chi connectivity index (χ2v) is 5.41. The van der Waals surface area contributed by atoms with Gasteiger partial charge in [-0.1, -0.05) is 17.4 Å². The summed E-state index contributed by atoms with van der Waals surface area (Å²) >= 11 is 1.18. The highest BCUT2D eigenvalue weighted by Crippen LogP contribution is 2.23. The minimum absolute atomic E-state index is 0.0607. The molecule has 0 unspecified atom stereocenters. The summed E-state index contributed by atoms with van der Waals surface area (Å²) in [6.45, 7) is 4.05. The van der Waals surface area contributed by atoms with Crippen LogP contribution in [0.15, 0.2) is 23.0 Å². The molecule has 1 aromatic carbocycles. The van der Waals surface area contributed by atoms with E-state index in [1.54, 1.807) is 10.6 Å². The molecule has 0 radical (unpaired) electrons. The van der Waals surface area contributed by atoms with Gasteiger partial charge in [0.05, 0.1) is 11.5 Å². The number of benzene rings is 1. The van der Waals surface area contributed by atoms with Gasteiger partial charge in [0.25, 0.3) is 5.69 Å². The molecule has 2 N–H and O–H groups in total. The van der Waals surface area contributed by atoms with Crippen molar-refractivity contribution >= 4 is 22.7 Å².